The number of anilines is 1. The molecule has 0 amide bonds. The summed E-state index contributed by atoms with van der Waals surface area (Å²) in [5, 5.41) is 9.13. The number of fused-ring (bicyclic) bond motifs is 1. The second kappa shape index (κ2) is 8.16. The molecule has 2 aromatic carbocycles. The van der Waals surface area contributed by atoms with Crippen LogP contribution in [0.5, 0.6) is 0 Å². The summed E-state index contributed by atoms with van der Waals surface area (Å²) in [6.45, 7) is 1.07. The van der Waals surface area contributed by atoms with Crippen molar-refractivity contribution in [2.75, 3.05) is 11.4 Å². The normalized spacial score (nSPS) is 17.1. The lowest BCUT2D eigenvalue weighted by Gasteiger charge is -2.23. The summed E-state index contributed by atoms with van der Waals surface area (Å²) in [7, 11) is 0. The highest BCUT2D eigenvalue weighted by Crippen LogP contribution is 2.46. The molecule has 29 heavy (non-hydrogen) atoms. The molecule has 1 atom stereocenters. The first-order valence-corrected chi connectivity index (χ1v) is 10.2. The first-order valence-electron chi connectivity index (χ1n) is 9.30. The van der Waals surface area contributed by atoms with Crippen molar-refractivity contribution in [1.29, 1.82) is 0 Å². The molecule has 1 N–H and O–H groups in total. The largest absolute Gasteiger partial charge is 0.462 e. The molecule has 4 rings (SSSR count). The summed E-state index contributed by atoms with van der Waals surface area (Å²) in [6, 6.07) is 17.1. The van der Waals surface area contributed by atoms with Crippen LogP contribution in [-0.2, 0) is 19.3 Å². The summed E-state index contributed by atoms with van der Waals surface area (Å²) in [6.07, 6.45) is -3.65. The van der Waals surface area contributed by atoms with Crippen LogP contribution in [0, 0.1) is 0 Å². The van der Waals surface area contributed by atoms with E-state index in [1.807, 2.05) is 30.3 Å². The minimum atomic E-state index is -4.35. The van der Waals surface area contributed by atoms with Crippen LogP contribution in [0.15, 0.2) is 70.0 Å². The van der Waals surface area contributed by atoms with Gasteiger partial charge in [-0.25, -0.2) is 0 Å². The lowest BCUT2D eigenvalue weighted by Crippen LogP contribution is -2.23. The molecule has 0 saturated heterocycles. The van der Waals surface area contributed by atoms with E-state index in [2.05, 4.69) is 4.90 Å². The highest BCUT2D eigenvalue weighted by atomic mass is 32.2. The van der Waals surface area contributed by atoms with Gasteiger partial charge in [0, 0.05) is 16.7 Å². The molecule has 2 heterocycles. The smallest absolute Gasteiger partial charge is 0.416 e. The van der Waals surface area contributed by atoms with Gasteiger partial charge in [-0.3, -0.25) is 0 Å². The molecule has 0 saturated carbocycles. The molecule has 7 heteroatoms. The third kappa shape index (κ3) is 4.46. The van der Waals surface area contributed by atoms with E-state index in [4.69, 9.17) is 4.42 Å². The van der Waals surface area contributed by atoms with Gasteiger partial charge in [0.2, 0.25) is 0 Å². The highest BCUT2D eigenvalue weighted by Gasteiger charge is 2.32. The molecule has 0 bridgehead atoms. The standard InChI is InChI=1S/C22H20F3NO2S/c23-22(24,25)16-5-3-4-15(12-16)20-10-11-26(13-17-8-9-18(14-27)28-17)19-6-1-2-7-21(19)29-20/h1-9,12,20,27H,10-11,13-14H2/t20-/m1/s1. The summed E-state index contributed by atoms with van der Waals surface area (Å²) in [4.78, 5) is 3.21. The van der Waals surface area contributed by atoms with E-state index < -0.39 is 11.7 Å². The van der Waals surface area contributed by atoms with Gasteiger partial charge in [-0.1, -0.05) is 30.3 Å². The number of alkyl halides is 3. The molecule has 0 unspecified atom stereocenters. The van der Waals surface area contributed by atoms with Crippen LogP contribution in [0.3, 0.4) is 0 Å². The fourth-order valence-corrected chi connectivity index (χ4v) is 4.81. The Kier molecular flexibility index (Phi) is 5.61. The number of thioether (sulfide) groups is 1. The number of furan rings is 1. The van der Waals surface area contributed by atoms with E-state index in [0.717, 1.165) is 22.4 Å². The Hall–Kier alpha value is -2.38. The fraction of sp³-hybridized carbons (Fsp3) is 0.273. The number of aliphatic hydroxyl groups excluding tert-OH is 1. The zero-order chi connectivity index (χ0) is 20.4. The SMILES string of the molecule is OCc1ccc(CN2CC[C@H](c3cccc(C(F)(F)F)c3)Sc3ccccc32)o1. The van der Waals surface area contributed by atoms with Crippen molar-refractivity contribution in [3.63, 3.8) is 0 Å². The van der Waals surface area contributed by atoms with Crippen LogP contribution in [0.1, 0.15) is 34.3 Å². The average Bonchev–Trinajstić information content (AvgIpc) is 3.09. The molecule has 152 valence electrons. The van der Waals surface area contributed by atoms with Gasteiger partial charge in [0.05, 0.1) is 17.8 Å². The van der Waals surface area contributed by atoms with E-state index in [-0.39, 0.29) is 11.9 Å². The van der Waals surface area contributed by atoms with Crippen molar-refractivity contribution < 1.29 is 22.7 Å². The van der Waals surface area contributed by atoms with Crippen molar-refractivity contribution >= 4 is 17.4 Å². The third-order valence-corrected chi connectivity index (χ3v) is 6.33. The summed E-state index contributed by atoms with van der Waals surface area (Å²) in [5.74, 6) is 1.26. The quantitative estimate of drug-likeness (QED) is 0.560. The Morgan fingerprint density at radius 2 is 1.83 bits per heavy atom. The molecular weight excluding hydrogens is 399 g/mol. The number of aliphatic hydroxyl groups is 1. The Morgan fingerprint density at radius 3 is 2.59 bits per heavy atom. The lowest BCUT2D eigenvalue weighted by atomic mass is 10.1. The van der Waals surface area contributed by atoms with Crippen molar-refractivity contribution in [3.8, 4) is 0 Å². The van der Waals surface area contributed by atoms with Gasteiger partial charge in [0.1, 0.15) is 18.1 Å². The van der Waals surface area contributed by atoms with Crippen LogP contribution in [0.2, 0.25) is 0 Å². The van der Waals surface area contributed by atoms with E-state index in [9.17, 15) is 18.3 Å². The number of nitrogens with zero attached hydrogens (tertiary/aromatic N) is 1. The monoisotopic (exact) mass is 419 g/mol. The first kappa shape index (κ1) is 19.9. The summed E-state index contributed by atoms with van der Waals surface area (Å²) in [5.41, 5.74) is 1.10. The minimum Gasteiger partial charge on any atom is -0.462 e. The van der Waals surface area contributed by atoms with Crippen LogP contribution >= 0.6 is 11.8 Å². The number of benzene rings is 2. The van der Waals surface area contributed by atoms with Crippen molar-refractivity contribution in [2.24, 2.45) is 0 Å². The van der Waals surface area contributed by atoms with E-state index >= 15 is 0 Å². The molecule has 1 aromatic heterocycles. The van der Waals surface area contributed by atoms with Gasteiger partial charge < -0.3 is 14.4 Å². The zero-order valence-electron chi connectivity index (χ0n) is 15.5. The maximum absolute atomic E-state index is 13.1. The van der Waals surface area contributed by atoms with Crippen molar-refractivity contribution in [2.45, 2.75) is 35.9 Å². The molecular formula is C22H20F3NO2S. The predicted molar refractivity (Wildman–Crippen MR) is 107 cm³/mol. The second-order valence-corrected chi connectivity index (χ2v) is 8.18. The fourth-order valence-electron chi connectivity index (χ4n) is 3.52. The molecule has 1 aliphatic heterocycles. The van der Waals surface area contributed by atoms with Crippen LogP contribution < -0.4 is 4.90 Å². The summed E-state index contributed by atoms with van der Waals surface area (Å²) >= 11 is 1.59. The van der Waals surface area contributed by atoms with Gasteiger partial charge in [-0.15, -0.1) is 11.8 Å². The van der Waals surface area contributed by atoms with Crippen LogP contribution in [0.25, 0.3) is 0 Å². The highest BCUT2D eigenvalue weighted by molar-refractivity contribution is 7.99. The predicted octanol–water partition coefficient (Wildman–Crippen LogP) is 6.03. The van der Waals surface area contributed by atoms with Gasteiger partial charge in [0.25, 0.3) is 0 Å². The third-order valence-electron chi connectivity index (χ3n) is 4.94. The van der Waals surface area contributed by atoms with Gasteiger partial charge >= 0.3 is 6.18 Å². The molecule has 3 aromatic rings. The van der Waals surface area contributed by atoms with E-state index in [0.29, 0.717) is 30.8 Å². The zero-order valence-corrected chi connectivity index (χ0v) is 16.3. The lowest BCUT2D eigenvalue weighted by molar-refractivity contribution is -0.137. The van der Waals surface area contributed by atoms with E-state index in [1.165, 1.54) is 12.1 Å². The maximum Gasteiger partial charge on any atom is 0.416 e. The number of halogens is 3. The van der Waals surface area contributed by atoms with Gasteiger partial charge in [0.15, 0.2) is 0 Å². The minimum absolute atomic E-state index is 0.0759. The number of rotatable bonds is 4. The maximum atomic E-state index is 13.1. The molecule has 3 nitrogen and oxygen atoms in total. The van der Waals surface area contributed by atoms with Crippen molar-refractivity contribution in [1.82, 2.24) is 0 Å². The van der Waals surface area contributed by atoms with Gasteiger partial charge in [-0.2, -0.15) is 13.2 Å². The number of hydrogen-bond donors (Lipinski definition) is 1. The topological polar surface area (TPSA) is 36.6 Å². The Labute approximate surface area is 171 Å². The Balaban J connectivity index is 1.61. The molecule has 0 aliphatic carbocycles. The molecule has 0 fully saturated rings. The second-order valence-electron chi connectivity index (χ2n) is 6.93. The number of para-hydroxylation sites is 1. The van der Waals surface area contributed by atoms with Crippen LogP contribution in [-0.4, -0.2) is 11.7 Å². The molecule has 1 aliphatic rings. The molecule has 0 spiro atoms. The van der Waals surface area contributed by atoms with Crippen LogP contribution in [0.4, 0.5) is 18.9 Å². The van der Waals surface area contributed by atoms with Gasteiger partial charge in [-0.05, 0) is 42.3 Å². The Morgan fingerprint density at radius 1 is 1.03 bits per heavy atom. The Bertz CT molecular complexity index is 986. The van der Waals surface area contributed by atoms with Crippen molar-refractivity contribution in [3.05, 3.63) is 83.3 Å². The van der Waals surface area contributed by atoms with E-state index in [1.54, 1.807) is 23.9 Å². The molecule has 0 radical (unpaired) electrons. The average molecular weight is 419 g/mol. The summed E-state index contributed by atoms with van der Waals surface area (Å²) < 4.78 is 45.1. The number of hydrogen-bond acceptors (Lipinski definition) is 4. The first-order chi connectivity index (χ1) is 13.9.